The molecule has 1 atom stereocenters. The highest BCUT2D eigenvalue weighted by molar-refractivity contribution is 7.92. The van der Waals surface area contributed by atoms with E-state index in [2.05, 4.69) is 24.0 Å². The van der Waals surface area contributed by atoms with Crippen molar-refractivity contribution in [2.75, 3.05) is 25.5 Å². The molecule has 1 saturated heterocycles. The van der Waals surface area contributed by atoms with Gasteiger partial charge in [-0.15, -0.1) is 0 Å². The number of ether oxygens (including phenoxy) is 4. The molecule has 0 radical (unpaired) electrons. The second kappa shape index (κ2) is 16.4. The Labute approximate surface area is 310 Å². The lowest BCUT2D eigenvalue weighted by Crippen LogP contribution is -2.46. The average molecular weight is 744 g/mol. The van der Waals surface area contributed by atoms with Crippen LogP contribution < -0.4 is 18.9 Å². The summed E-state index contributed by atoms with van der Waals surface area (Å²) in [6.45, 7) is 7.59. The average Bonchev–Trinajstić information content (AvgIpc) is 3.14. The fourth-order valence-corrected chi connectivity index (χ4v) is 7.64. The topological polar surface area (TPSA) is 128 Å². The normalized spacial score (nSPS) is 16.0. The highest BCUT2D eigenvalue weighted by Crippen LogP contribution is 2.38. The van der Waals surface area contributed by atoms with E-state index in [1.165, 1.54) is 6.20 Å². The fraction of sp³-hybridized carbons (Fsp3) is 0.375. The molecule has 0 spiro atoms. The molecule has 0 amide bonds. The summed E-state index contributed by atoms with van der Waals surface area (Å²) >= 11 is 6.88. The predicted octanol–water partition coefficient (Wildman–Crippen LogP) is 7.26. The number of carbonyl (C=O) groups excluding carboxylic acids is 1. The number of fused-ring (bicyclic) bond motifs is 1. The van der Waals surface area contributed by atoms with Crippen LogP contribution in [0.2, 0.25) is 5.02 Å². The van der Waals surface area contributed by atoms with Crippen LogP contribution in [0.4, 0.5) is 0 Å². The fourth-order valence-electron chi connectivity index (χ4n) is 6.48. The number of halogens is 1. The lowest BCUT2D eigenvalue weighted by molar-refractivity contribution is -0.123. The van der Waals surface area contributed by atoms with Crippen LogP contribution in [0.5, 0.6) is 23.0 Å². The summed E-state index contributed by atoms with van der Waals surface area (Å²) < 4.78 is 49.5. The molecule has 6 rings (SSSR count). The van der Waals surface area contributed by atoms with Crippen LogP contribution in [-0.4, -0.2) is 60.9 Å². The van der Waals surface area contributed by atoms with Crippen LogP contribution in [0, 0.1) is 18.3 Å². The van der Waals surface area contributed by atoms with Gasteiger partial charge in [-0.3, -0.25) is 14.7 Å². The van der Waals surface area contributed by atoms with Crippen molar-refractivity contribution in [2.45, 2.75) is 71.1 Å². The predicted molar refractivity (Wildman–Crippen MR) is 199 cm³/mol. The Bertz CT molecular complexity index is 2100. The number of ketones is 1. The van der Waals surface area contributed by atoms with E-state index in [1.54, 1.807) is 38.2 Å². The Morgan fingerprint density at radius 1 is 1.00 bits per heavy atom. The molecule has 0 saturated carbocycles. The zero-order chi connectivity index (χ0) is 36.8. The number of hydrogen-bond acceptors (Lipinski definition) is 10. The number of carbonyl (C=O) groups is 1. The minimum absolute atomic E-state index is 0.127. The summed E-state index contributed by atoms with van der Waals surface area (Å²) in [5, 5.41) is 9.11. The smallest absolute Gasteiger partial charge is 0.164 e. The number of aromatic nitrogens is 1. The molecule has 0 aliphatic carbocycles. The van der Waals surface area contributed by atoms with Gasteiger partial charge in [0.2, 0.25) is 0 Å². The number of likely N-dealkylation sites (tertiary alicyclic amines) is 1. The van der Waals surface area contributed by atoms with Gasteiger partial charge in [-0.1, -0.05) is 42.3 Å². The summed E-state index contributed by atoms with van der Waals surface area (Å²) in [6.07, 6.45) is 5.42. The van der Waals surface area contributed by atoms with Crippen molar-refractivity contribution in [3.05, 3.63) is 99.8 Å². The van der Waals surface area contributed by atoms with E-state index >= 15 is 0 Å². The summed E-state index contributed by atoms with van der Waals surface area (Å²) in [6, 6.07) is 18.8. The van der Waals surface area contributed by atoms with Crippen molar-refractivity contribution in [1.82, 2.24) is 9.88 Å². The molecule has 272 valence electrons. The van der Waals surface area contributed by atoms with Crippen LogP contribution in [0.15, 0.2) is 67.0 Å². The molecule has 0 unspecified atom stereocenters. The van der Waals surface area contributed by atoms with E-state index in [1.807, 2.05) is 35.2 Å². The molecule has 2 aliphatic heterocycles. The number of Topliss-reactive ketones (excluding diaryl/α,β-unsaturated/α-hetero) is 1. The van der Waals surface area contributed by atoms with Gasteiger partial charge in [0, 0.05) is 36.1 Å². The molecule has 1 aromatic heterocycles. The largest absolute Gasteiger partial charge is 0.488 e. The second-order valence-corrected chi connectivity index (χ2v) is 16.4. The monoisotopic (exact) mass is 743 g/mol. The lowest BCUT2D eigenvalue weighted by atomic mass is 9.96. The number of hydrogen-bond donors (Lipinski definition) is 0. The molecule has 52 heavy (non-hydrogen) atoms. The first kappa shape index (κ1) is 37.1. The van der Waals surface area contributed by atoms with E-state index < -0.39 is 26.9 Å². The Morgan fingerprint density at radius 2 is 1.79 bits per heavy atom. The molecule has 2 aliphatic rings. The minimum atomic E-state index is -3.54. The third-order valence-electron chi connectivity index (χ3n) is 9.54. The molecule has 0 N–H and O–H groups in total. The molecule has 12 heteroatoms. The third-order valence-corrected chi connectivity index (χ3v) is 12.0. The van der Waals surface area contributed by atoms with E-state index in [4.69, 9.17) is 30.5 Å². The van der Waals surface area contributed by atoms with Crippen LogP contribution in [0.1, 0.15) is 60.9 Å². The maximum Gasteiger partial charge on any atom is 0.164 e. The number of nitriles is 1. The second-order valence-electron chi connectivity index (χ2n) is 13.4. The van der Waals surface area contributed by atoms with E-state index in [9.17, 15) is 18.5 Å². The number of benzene rings is 3. The Balaban J connectivity index is 1.26. The van der Waals surface area contributed by atoms with Gasteiger partial charge in [0.1, 0.15) is 49.7 Å². The van der Waals surface area contributed by atoms with Crippen LogP contribution in [0.3, 0.4) is 0 Å². The first-order chi connectivity index (χ1) is 25.0. The van der Waals surface area contributed by atoms with Gasteiger partial charge in [-0.25, -0.2) is 8.42 Å². The van der Waals surface area contributed by atoms with Gasteiger partial charge in [0.25, 0.3) is 0 Å². The Morgan fingerprint density at radius 3 is 2.58 bits per heavy atom. The van der Waals surface area contributed by atoms with Gasteiger partial charge in [0.05, 0.1) is 21.9 Å². The molecule has 4 aromatic rings. The highest BCUT2D eigenvalue weighted by Gasteiger charge is 2.33. The van der Waals surface area contributed by atoms with Gasteiger partial charge >= 0.3 is 0 Å². The van der Waals surface area contributed by atoms with Crippen LogP contribution in [0.25, 0.3) is 11.1 Å². The van der Waals surface area contributed by atoms with Crippen molar-refractivity contribution in [3.63, 3.8) is 0 Å². The third kappa shape index (κ3) is 8.69. The van der Waals surface area contributed by atoms with Crippen molar-refractivity contribution in [1.29, 1.82) is 5.26 Å². The highest BCUT2D eigenvalue weighted by atomic mass is 35.5. The van der Waals surface area contributed by atoms with Crippen molar-refractivity contribution in [3.8, 4) is 40.2 Å². The zero-order valence-corrected chi connectivity index (χ0v) is 31.1. The first-order valence-electron chi connectivity index (χ1n) is 17.4. The number of rotatable bonds is 13. The van der Waals surface area contributed by atoms with Crippen molar-refractivity contribution < 1.29 is 32.2 Å². The van der Waals surface area contributed by atoms with Crippen molar-refractivity contribution >= 4 is 27.2 Å². The van der Waals surface area contributed by atoms with Gasteiger partial charge in [-0.2, -0.15) is 5.26 Å². The van der Waals surface area contributed by atoms with Crippen molar-refractivity contribution in [2.24, 2.45) is 0 Å². The quantitative estimate of drug-likeness (QED) is 0.138. The maximum absolute atomic E-state index is 13.4. The molecule has 10 nitrogen and oxygen atoms in total. The number of piperidine rings is 1. The molecule has 0 bridgehead atoms. The Hall–Kier alpha value is -4.63. The standard InChI is InChI=1S/C40H42ClN3O7S/c1-26(2)52(46,47)25-36(45)35-9-4-5-12-44(35)22-32-16-34(41)39(18-38(32)50-23-29-15-28(19-42)20-43-21-29)51-24-31-7-6-8-33(27(31)3)30-10-11-37-40(17-30)49-14-13-48-37/h6-8,10-11,15-18,20-21,26,35H,4-5,9,12-14,22-25H2,1-3H3/t35-/m0/s1. The summed E-state index contributed by atoms with van der Waals surface area (Å²) in [5.74, 6) is 1.59. The van der Waals surface area contributed by atoms with Crippen LogP contribution in [-0.2, 0) is 34.4 Å². The lowest BCUT2D eigenvalue weighted by Gasteiger charge is -2.35. The zero-order valence-electron chi connectivity index (χ0n) is 29.6. The van der Waals surface area contributed by atoms with Gasteiger partial charge in [0.15, 0.2) is 27.1 Å². The van der Waals surface area contributed by atoms with E-state index in [-0.39, 0.29) is 19.0 Å². The van der Waals surface area contributed by atoms with Gasteiger partial charge in [-0.05, 0) is 86.7 Å². The van der Waals surface area contributed by atoms with E-state index in [0.717, 1.165) is 52.2 Å². The van der Waals surface area contributed by atoms with E-state index in [0.29, 0.717) is 60.4 Å². The summed E-state index contributed by atoms with van der Waals surface area (Å²) in [5.41, 5.74) is 5.93. The number of sulfone groups is 1. The minimum Gasteiger partial charge on any atom is -0.488 e. The SMILES string of the molecule is Cc1c(COc2cc(OCc3cncc(C#N)c3)c(CN3CCCC[C@H]3C(=O)CS(=O)(=O)C(C)C)cc2Cl)cccc1-c1ccc2c(c1)OCCO2. The molecule has 3 heterocycles. The van der Waals surface area contributed by atoms with Gasteiger partial charge < -0.3 is 18.9 Å². The van der Waals surface area contributed by atoms with Crippen LogP contribution >= 0.6 is 11.6 Å². The summed E-state index contributed by atoms with van der Waals surface area (Å²) in [4.78, 5) is 19.5. The molecule has 1 fully saturated rings. The number of pyridine rings is 1. The number of nitrogens with zero attached hydrogens (tertiary/aromatic N) is 3. The first-order valence-corrected chi connectivity index (χ1v) is 19.5. The molecule has 3 aromatic carbocycles. The summed E-state index contributed by atoms with van der Waals surface area (Å²) in [7, 11) is -3.54. The molecular formula is C40H42ClN3O7S. The molecular weight excluding hydrogens is 702 g/mol. The Kier molecular flexibility index (Phi) is 11.7. The maximum atomic E-state index is 13.4.